The van der Waals surface area contributed by atoms with Gasteiger partial charge in [0.25, 0.3) is 0 Å². The van der Waals surface area contributed by atoms with E-state index in [1.165, 1.54) is 0 Å². The van der Waals surface area contributed by atoms with Crippen LogP contribution in [0.25, 0.3) is 11.3 Å². The Kier molecular flexibility index (Phi) is 6.41. The van der Waals surface area contributed by atoms with Gasteiger partial charge in [-0.05, 0) is 73.0 Å². The summed E-state index contributed by atoms with van der Waals surface area (Å²) < 4.78 is 18.8. The minimum absolute atomic E-state index is 0.157. The molecule has 0 bridgehead atoms. The van der Waals surface area contributed by atoms with Gasteiger partial charge in [-0.15, -0.1) is 0 Å². The normalized spacial score (nSPS) is 12.0. The summed E-state index contributed by atoms with van der Waals surface area (Å²) in [5, 5.41) is 1.17. The number of rotatable bonds is 6. The lowest BCUT2D eigenvalue weighted by atomic mass is 9.97. The number of fused-ring (bicyclic) bond motifs is 3. The van der Waals surface area contributed by atoms with E-state index in [1.807, 2.05) is 43.3 Å². The van der Waals surface area contributed by atoms with Crippen LogP contribution in [0.4, 0.5) is 0 Å². The second-order valence-electron chi connectivity index (χ2n) is 8.24. The molecule has 0 amide bonds. The van der Waals surface area contributed by atoms with E-state index in [9.17, 15) is 4.79 Å². The topological polar surface area (TPSA) is 62.6 Å². The Morgan fingerprint density at radius 3 is 2.49 bits per heavy atom. The fourth-order valence-corrected chi connectivity index (χ4v) is 4.40. The molecule has 0 spiro atoms. The lowest BCUT2D eigenvalue weighted by Gasteiger charge is -2.22. The molecule has 2 heterocycles. The van der Waals surface area contributed by atoms with Crippen LogP contribution in [0.2, 0.25) is 10.0 Å². The molecule has 0 radical (unpaired) electrons. The molecule has 8 heteroatoms. The van der Waals surface area contributed by atoms with Crippen LogP contribution in [0.5, 0.6) is 23.1 Å². The second-order valence-corrected chi connectivity index (χ2v) is 9.06. The molecule has 0 aliphatic carbocycles. The standard InChI is InChI=1S/C27H22Cl2N2O4/c1-16-11-20(6-8-23(16)28)35-21-4-3-18(24(29)13-21)15-34-26-14-25-22-7-5-19(33-2)12-17(22)9-10-31(25)27(32)30-26/h3-8,11-14H,9-10,15H2,1-2H3. The first kappa shape index (κ1) is 23.3. The molecule has 1 aliphatic rings. The molecule has 1 aromatic heterocycles. The van der Waals surface area contributed by atoms with E-state index in [0.717, 1.165) is 40.1 Å². The van der Waals surface area contributed by atoms with Gasteiger partial charge in [-0.25, -0.2) is 4.79 Å². The number of benzene rings is 3. The van der Waals surface area contributed by atoms with Crippen molar-refractivity contribution in [3.8, 4) is 34.4 Å². The molecule has 178 valence electrons. The van der Waals surface area contributed by atoms with Crippen LogP contribution in [0, 0.1) is 6.92 Å². The van der Waals surface area contributed by atoms with E-state index < -0.39 is 0 Å². The van der Waals surface area contributed by atoms with E-state index >= 15 is 0 Å². The zero-order chi connectivity index (χ0) is 24.5. The number of halogens is 2. The highest BCUT2D eigenvalue weighted by Gasteiger charge is 2.20. The molecule has 6 nitrogen and oxygen atoms in total. The van der Waals surface area contributed by atoms with Crippen LogP contribution in [0.3, 0.4) is 0 Å². The quantitative estimate of drug-likeness (QED) is 0.299. The van der Waals surface area contributed by atoms with Crippen molar-refractivity contribution < 1.29 is 14.2 Å². The third-order valence-corrected chi connectivity index (χ3v) is 6.72. The highest BCUT2D eigenvalue weighted by atomic mass is 35.5. The minimum Gasteiger partial charge on any atom is -0.497 e. The minimum atomic E-state index is -0.341. The third kappa shape index (κ3) is 4.85. The molecule has 1 aliphatic heterocycles. The zero-order valence-corrected chi connectivity index (χ0v) is 20.7. The van der Waals surface area contributed by atoms with Gasteiger partial charge in [0.1, 0.15) is 23.9 Å². The molecular formula is C27H22Cl2N2O4. The van der Waals surface area contributed by atoms with Gasteiger partial charge in [0.2, 0.25) is 5.88 Å². The van der Waals surface area contributed by atoms with E-state index in [-0.39, 0.29) is 18.2 Å². The van der Waals surface area contributed by atoms with E-state index in [4.69, 9.17) is 37.4 Å². The Morgan fingerprint density at radius 2 is 1.71 bits per heavy atom. The van der Waals surface area contributed by atoms with Crippen molar-refractivity contribution in [2.45, 2.75) is 26.5 Å². The Hall–Kier alpha value is -3.48. The van der Waals surface area contributed by atoms with E-state index in [0.29, 0.717) is 28.1 Å². The number of hydrogen-bond donors (Lipinski definition) is 0. The fraction of sp³-hybridized carbons (Fsp3) is 0.185. The number of aryl methyl sites for hydroxylation is 2. The van der Waals surface area contributed by atoms with Gasteiger partial charge < -0.3 is 14.2 Å². The summed E-state index contributed by atoms with van der Waals surface area (Å²) in [7, 11) is 1.64. The fourth-order valence-electron chi connectivity index (χ4n) is 4.06. The number of ether oxygens (including phenoxy) is 3. The van der Waals surface area contributed by atoms with E-state index in [1.54, 1.807) is 35.9 Å². The Balaban J connectivity index is 1.34. The SMILES string of the molecule is COc1ccc2c(c1)CCn1c-2cc(OCc2ccc(Oc3ccc(Cl)c(C)c3)cc2Cl)nc1=O. The molecule has 0 N–H and O–H groups in total. The van der Waals surface area contributed by atoms with Crippen molar-refractivity contribution >= 4 is 23.2 Å². The lowest BCUT2D eigenvalue weighted by molar-refractivity contribution is 0.291. The number of aromatic nitrogens is 2. The molecule has 3 aromatic carbocycles. The maximum Gasteiger partial charge on any atom is 0.351 e. The Morgan fingerprint density at radius 1 is 0.943 bits per heavy atom. The van der Waals surface area contributed by atoms with Gasteiger partial charge in [-0.1, -0.05) is 29.3 Å². The molecule has 0 saturated heterocycles. The smallest absolute Gasteiger partial charge is 0.351 e. The predicted molar refractivity (Wildman–Crippen MR) is 136 cm³/mol. The molecule has 0 atom stereocenters. The van der Waals surface area contributed by atoms with Crippen LogP contribution in [-0.4, -0.2) is 16.7 Å². The molecule has 0 saturated carbocycles. The molecule has 0 fully saturated rings. The van der Waals surface area contributed by atoms with Gasteiger partial charge in [-0.2, -0.15) is 4.98 Å². The first-order valence-corrected chi connectivity index (χ1v) is 11.8. The van der Waals surface area contributed by atoms with Gasteiger partial charge in [0.15, 0.2) is 0 Å². The highest BCUT2D eigenvalue weighted by Crippen LogP contribution is 2.33. The van der Waals surface area contributed by atoms with Crippen molar-refractivity contribution in [2.75, 3.05) is 7.11 Å². The molecule has 35 heavy (non-hydrogen) atoms. The van der Waals surface area contributed by atoms with Crippen LogP contribution >= 0.6 is 23.2 Å². The van der Waals surface area contributed by atoms with E-state index in [2.05, 4.69) is 4.98 Å². The summed E-state index contributed by atoms with van der Waals surface area (Å²) in [5.41, 5.74) is 4.20. The van der Waals surface area contributed by atoms with Crippen molar-refractivity contribution in [3.63, 3.8) is 0 Å². The molecule has 4 aromatic rings. The molecule has 5 rings (SSSR count). The maximum atomic E-state index is 12.7. The summed E-state index contributed by atoms with van der Waals surface area (Å²) in [6.45, 7) is 2.63. The van der Waals surface area contributed by atoms with Gasteiger partial charge in [-0.3, -0.25) is 4.57 Å². The second kappa shape index (κ2) is 9.64. The van der Waals surface area contributed by atoms with Crippen molar-refractivity contribution in [1.29, 1.82) is 0 Å². The Labute approximate surface area is 212 Å². The van der Waals surface area contributed by atoms with Crippen molar-refractivity contribution in [1.82, 2.24) is 9.55 Å². The first-order chi connectivity index (χ1) is 16.9. The highest BCUT2D eigenvalue weighted by molar-refractivity contribution is 6.31. The largest absolute Gasteiger partial charge is 0.497 e. The molecular weight excluding hydrogens is 487 g/mol. The van der Waals surface area contributed by atoms with Crippen LogP contribution in [-0.2, 0) is 19.6 Å². The summed E-state index contributed by atoms with van der Waals surface area (Å²) in [6.07, 6.45) is 0.737. The predicted octanol–water partition coefficient (Wildman–Crippen LogP) is 6.46. The number of methoxy groups -OCH3 is 1. The average molecular weight is 509 g/mol. The van der Waals surface area contributed by atoms with Gasteiger partial charge in [0, 0.05) is 28.8 Å². The van der Waals surface area contributed by atoms with Crippen LogP contribution in [0.15, 0.2) is 65.5 Å². The first-order valence-electron chi connectivity index (χ1n) is 11.1. The van der Waals surface area contributed by atoms with Crippen molar-refractivity contribution in [2.24, 2.45) is 0 Å². The number of hydrogen-bond acceptors (Lipinski definition) is 5. The monoisotopic (exact) mass is 508 g/mol. The van der Waals surface area contributed by atoms with Crippen molar-refractivity contribution in [3.05, 3.63) is 97.9 Å². The summed E-state index contributed by atoms with van der Waals surface area (Å²) in [6, 6.07) is 18.5. The lowest BCUT2D eigenvalue weighted by Crippen LogP contribution is -2.28. The maximum absolute atomic E-state index is 12.7. The number of nitrogens with zero attached hydrogens (tertiary/aromatic N) is 2. The summed E-state index contributed by atoms with van der Waals surface area (Å²) in [5.74, 6) is 2.30. The third-order valence-electron chi connectivity index (χ3n) is 5.95. The molecule has 0 unspecified atom stereocenters. The van der Waals surface area contributed by atoms with Gasteiger partial charge in [0.05, 0.1) is 17.8 Å². The van der Waals surface area contributed by atoms with Crippen LogP contribution < -0.4 is 19.9 Å². The van der Waals surface area contributed by atoms with Gasteiger partial charge >= 0.3 is 5.69 Å². The zero-order valence-electron chi connectivity index (χ0n) is 19.2. The van der Waals surface area contributed by atoms with Crippen LogP contribution in [0.1, 0.15) is 16.7 Å². The average Bonchev–Trinajstić information content (AvgIpc) is 2.85. The Bertz CT molecular complexity index is 1480. The summed E-state index contributed by atoms with van der Waals surface area (Å²) in [4.78, 5) is 16.8. The summed E-state index contributed by atoms with van der Waals surface area (Å²) >= 11 is 12.6.